The molecule has 0 aliphatic carbocycles. The van der Waals surface area contributed by atoms with E-state index in [9.17, 15) is 5.11 Å². The van der Waals surface area contributed by atoms with Crippen LogP contribution in [0.5, 0.6) is 0 Å². The molecule has 15 heavy (non-hydrogen) atoms. The van der Waals surface area contributed by atoms with Crippen LogP contribution in [0.1, 0.15) is 31.6 Å². The Labute approximate surface area is 90.7 Å². The van der Waals surface area contributed by atoms with Crippen molar-refractivity contribution in [2.75, 3.05) is 20.6 Å². The minimum atomic E-state index is -0.464. The first-order chi connectivity index (χ1) is 7.15. The van der Waals surface area contributed by atoms with Crippen LogP contribution < -0.4 is 0 Å². The summed E-state index contributed by atoms with van der Waals surface area (Å²) >= 11 is 0. The van der Waals surface area contributed by atoms with Gasteiger partial charge in [-0.05, 0) is 26.9 Å². The van der Waals surface area contributed by atoms with Crippen LogP contribution in [0.4, 0.5) is 0 Å². The van der Waals surface area contributed by atoms with E-state index in [2.05, 4.69) is 22.1 Å². The van der Waals surface area contributed by atoms with E-state index in [-0.39, 0.29) is 0 Å². The molecule has 1 rings (SSSR count). The number of aliphatic hydroxyl groups is 1. The maximum Gasteiger partial charge on any atom is 0.0985 e. The summed E-state index contributed by atoms with van der Waals surface area (Å²) in [6, 6.07) is 0. The highest BCUT2D eigenvalue weighted by atomic mass is 16.3. The maximum atomic E-state index is 9.94. The molecule has 1 atom stereocenters. The van der Waals surface area contributed by atoms with Gasteiger partial charge < -0.3 is 10.0 Å². The van der Waals surface area contributed by atoms with E-state index in [0.717, 1.165) is 25.2 Å². The Bertz CT molecular complexity index is 285. The molecular weight excluding hydrogens is 192 g/mol. The molecule has 1 heterocycles. The lowest BCUT2D eigenvalue weighted by molar-refractivity contribution is 0.144. The van der Waals surface area contributed by atoms with Crippen molar-refractivity contribution in [3.05, 3.63) is 11.9 Å². The van der Waals surface area contributed by atoms with Crippen LogP contribution >= 0.6 is 0 Å². The van der Waals surface area contributed by atoms with E-state index in [0.29, 0.717) is 6.42 Å². The van der Waals surface area contributed by atoms with Gasteiger partial charge in [0.05, 0.1) is 18.0 Å². The quantitative estimate of drug-likeness (QED) is 0.753. The summed E-state index contributed by atoms with van der Waals surface area (Å²) in [4.78, 5) is 2.05. The lowest BCUT2D eigenvalue weighted by Gasteiger charge is -2.14. The monoisotopic (exact) mass is 212 g/mol. The highest BCUT2D eigenvalue weighted by Gasteiger charge is 2.13. The molecule has 0 saturated carbocycles. The Balaban J connectivity index is 2.56. The van der Waals surface area contributed by atoms with Gasteiger partial charge in [0.15, 0.2) is 0 Å². The van der Waals surface area contributed by atoms with Crippen molar-refractivity contribution in [3.63, 3.8) is 0 Å². The van der Waals surface area contributed by atoms with Crippen LogP contribution in [-0.4, -0.2) is 45.6 Å². The van der Waals surface area contributed by atoms with Crippen molar-refractivity contribution in [3.8, 4) is 0 Å². The fraction of sp³-hybridized carbons (Fsp3) is 0.800. The lowest BCUT2D eigenvalue weighted by atomic mass is 10.2. The second-order valence-corrected chi connectivity index (χ2v) is 3.99. The Morgan fingerprint density at radius 3 is 2.87 bits per heavy atom. The summed E-state index contributed by atoms with van der Waals surface area (Å²) < 4.78 is 1.78. The fourth-order valence-corrected chi connectivity index (χ4v) is 1.44. The molecule has 0 radical (unpaired) electrons. The zero-order chi connectivity index (χ0) is 11.3. The highest BCUT2D eigenvalue weighted by molar-refractivity contribution is 4.98. The van der Waals surface area contributed by atoms with Gasteiger partial charge in [0.2, 0.25) is 0 Å². The molecule has 5 nitrogen and oxygen atoms in total. The topological polar surface area (TPSA) is 54.2 Å². The Morgan fingerprint density at radius 2 is 2.27 bits per heavy atom. The minimum absolute atomic E-state index is 0.464. The predicted molar refractivity (Wildman–Crippen MR) is 58.4 cm³/mol. The van der Waals surface area contributed by atoms with Gasteiger partial charge in [-0.25, -0.2) is 4.68 Å². The van der Waals surface area contributed by atoms with E-state index < -0.39 is 6.10 Å². The number of hydrogen-bond donors (Lipinski definition) is 1. The van der Waals surface area contributed by atoms with Crippen molar-refractivity contribution < 1.29 is 5.11 Å². The normalized spacial score (nSPS) is 13.4. The van der Waals surface area contributed by atoms with Gasteiger partial charge in [-0.1, -0.05) is 12.1 Å². The number of aryl methyl sites for hydroxylation is 1. The largest absolute Gasteiger partial charge is 0.387 e. The smallest absolute Gasteiger partial charge is 0.0985 e. The lowest BCUT2D eigenvalue weighted by Crippen LogP contribution is -2.17. The second kappa shape index (κ2) is 5.82. The molecular formula is C10H20N4O. The molecule has 1 N–H and O–H groups in total. The minimum Gasteiger partial charge on any atom is -0.387 e. The average molecular weight is 212 g/mol. The van der Waals surface area contributed by atoms with Crippen molar-refractivity contribution in [1.29, 1.82) is 0 Å². The predicted octanol–water partition coefficient (Wildman–Crippen LogP) is 0.673. The first kappa shape index (κ1) is 12.1. The van der Waals surface area contributed by atoms with Crippen LogP contribution in [0.3, 0.4) is 0 Å². The first-order valence-electron chi connectivity index (χ1n) is 5.36. The van der Waals surface area contributed by atoms with E-state index in [1.54, 1.807) is 10.9 Å². The summed E-state index contributed by atoms with van der Waals surface area (Å²) in [5.41, 5.74) is 0.818. The van der Waals surface area contributed by atoms with Crippen LogP contribution in [0, 0.1) is 0 Å². The Morgan fingerprint density at radius 1 is 1.53 bits per heavy atom. The van der Waals surface area contributed by atoms with Gasteiger partial charge >= 0.3 is 0 Å². The molecule has 0 spiro atoms. The van der Waals surface area contributed by atoms with Crippen molar-refractivity contribution in [2.24, 2.45) is 0 Å². The summed E-state index contributed by atoms with van der Waals surface area (Å²) in [5.74, 6) is 0. The summed E-state index contributed by atoms with van der Waals surface area (Å²) in [7, 11) is 3.99. The molecule has 5 heteroatoms. The molecule has 0 amide bonds. The number of rotatable bonds is 6. The molecule has 0 aliphatic heterocycles. The molecule has 1 unspecified atom stereocenters. The van der Waals surface area contributed by atoms with Gasteiger partial charge in [0, 0.05) is 13.1 Å². The summed E-state index contributed by atoms with van der Waals surface area (Å²) in [5, 5.41) is 17.7. The van der Waals surface area contributed by atoms with Crippen molar-refractivity contribution >= 4 is 0 Å². The van der Waals surface area contributed by atoms with Crippen LogP contribution in [0.25, 0.3) is 0 Å². The molecule has 0 saturated heterocycles. The standard InChI is InChI=1S/C10H20N4O/c1-4-6-14-9(8-11-12-14)10(15)5-7-13(2)3/h8,10,15H,4-7H2,1-3H3. The highest BCUT2D eigenvalue weighted by Crippen LogP contribution is 2.15. The Hall–Kier alpha value is -0.940. The zero-order valence-electron chi connectivity index (χ0n) is 9.72. The molecule has 0 aromatic carbocycles. The van der Waals surface area contributed by atoms with Gasteiger partial charge in [-0.2, -0.15) is 0 Å². The maximum absolute atomic E-state index is 9.94. The van der Waals surface area contributed by atoms with Crippen molar-refractivity contribution in [1.82, 2.24) is 19.9 Å². The third kappa shape index (κ3) is 3.60. The van der Waals surface area contributed by atoms with Crippen LogP contribution in [-0.2, 0) is 6.54 Å². The summed E-state index contributed by atoms with van der Waals surface area (Å²) in [6.45, 7) is 3.75. The van der Waals surface area contributed by atoms with Gasteiger partial charge in [-0.15, -0.1) is 5.10 Å². The second-order valence-electron chi connectivity index (χ2n) is 3.99. The molecule has 1 aromatic rings. The van der Waals surface area contributed by atoms with Crippen LogP contribution in [0.15, 0.2) is 6.20 Å². The molecule has 1 aromatic heterocycles. The third-order valence-corrected chi connectivity index (χ3v) is 2.27. The van der Waals surface area contributed by atoms with E-state index in [1.165, 1.54) is 0 Å². The van der Waals surface area contributed by atoms with E-state index >= 15 is 0 Å². The molecule has 0 aliphatic rings. The zero-order valence-corrected chi connectivity index (χ0v) is 9.72. The third-order valence-electron chi connectivity index (χ3n) is 2.27. The van der Waals surface area contributed by atoms with Gasteiger partial charge in [0.1, 0.15) is 0 Å². The summed E-state index contributed by atoms with van der Waals surface area (Å²) in [6.07, 6.45) is 2.89. The number of aromatic nitrogens is 3. The fourth-order valence-electron chi connectivity index (χ4n) is 1.44. The molecule has 86 valence electrons. The number of aliphatic hydroxyl groups excluding tert-OH is 1. The first-order valence-corrected chi connectivity index (χ1v) is 5.36. The molecule has 0 fully saturated rings. The Kier molecular flexibility index (Phi) is 4.71. The van der Waals surface area contributed by atoms with Crippen molar-refractivity contribution in [2.45, 2.75) is 32.4 Å². The average Bonchev–Trinajstić information content (AvgIpc) is 2.63. The van der Waals surface area contributed by atoms with Gasteiger partial charge in [-0.3, -0.25) is 0 Å². The van der Waals surface area contributed by atoms with E-state index in [4.69, 9.17) is 0 Å². The number of hydrogen-bond acceptors (Lipinski definition) is 4. The SMILES string of the molecule is CCCn1nncc1C(O)CCN(C)C. The molecule has 0 bridgehead atoms. The number of nitrogens with zero attached hydrogens (tertiary/aromatic N) is 4. The van der Waals surface area contributed by atoms with Gasteiger partial charge in [0.25, 0.3) is 0 Å². The van der Waals surface area contributed by atoms with E-state index in [1.807, 2.05) is 14.1 Å². The van der Waals surface area contributed by atoms with Crippen LogP contribution in [0.2, 0.25) is 0 Å².